The van der Waals surface area contributed by atoms with Crippen molar-refractivity contribution in [2.45, 2.75) is 13.8 Å². The number of nitrogens with one attached hydrogen (secondary N) is 2. The second-order valence-electron chi connectivity index (χ2n) is 6.72. The first-order valence-corrected chi connectivity index (χ1v) is 9.04. The van der Waals surface area contributed by atoms with Crippen molar-refractivity contribution in [3.05, 3.63) is 66.7 Å². The van der Waals surface area contributed by atoms with E-state index in [4.69, 9.17) is 0 Å². The third-order valence-electron chi connectivity index (χ3n) is 4.51. The molecule has 7 heteroatoms. The fourth-order valence-corrected chi connectivity index (χ4v) is 3.43. The number of hydrogen-bond donors (Lipinski definition) is 3. The summed E-state index contributed by atoms with van der Waals surface area (Å²) < 4.78 is 0. The molecule has 1 aliphatic heterocycles. The number of nitrogens with two attached hydrogens (primary N) is 1. The molecule has 1 aliphatic rings. The van der Waals surface area contributed by atoms with Crippen molar-refractivity contribution < 1.29 is 27.3 Å². The van der Waals surface area contributed by atoms with Gasteiger partial charge >= 0.3 is 0 Å². The summed E-state index contributed by atoms with van der Waals surface area (Å²) in [6, 6.07) is 21.8. The number of halogens is 1. The lowest BCUT2D eigenvalue weighted by atomic mass is 10.1. The number of quaternary nitrogens is 1. The van der Waals surface area contributed by atoms with Crippen LogP contribution >= 0.6 is 0 Å². The Kier molecular flexibility index (Phi) is 5.87. The highest BCUT2D eigenvalue weighted by atomic mass is 35.5. The number of amides is 2. The van der Waals surface area contributed by atoms with Gasteiger partial charge in [-0.15, -0.1) is 0 Å². The molecule has 2 amide bonds. The zero-order valence-electron chi connectivity index (χ0n) is 16.1. The minimum atomic E-state index is -0.112. The van der Waals surface area contributed by atoms with E-state index in [1.165, 1.54) is 13.8 Å². The number of rotatable bonds is 3. The Labute approximate surface area is 175 Å². The summed E-state index contributed by atoms with van der Waals surface area (Å²) in [5, 5.41) is 7.81. The Morgan fingerprint density at radius 3 is 1.69 bits per heavy atom. The molecule has 3 aromatic carbocycles. The first-order valence-electron chi connectivity index (χ1n) is 9.04. The smallest absolute Gasteiger partial charge is 0.221 e. The molecule has 4 rings (SSSR count). The number of carbonyl (C=O) groups is 2. The first-order chi connectivity index (χ1) is 13.5. The van der Waals surface area contributed by atoms with Gasteiger partial charge in [-0.25, -0.2) is 0 Å². The molecule has 0 unspecified atom stereocenters. The van der Waals surface area contributed by atoms with E-state index in [0.717, 1.165) is 39.8 Å². The van der Waals surface area contributed by atoms with Gasteiger partial charge in [0.1, 0.15) is 11.4 Å². The topological polar surface area (TPSA) is 78.1 Å². The molecule has 0 aliphatic carbocycles. The van der Waals surface area contributed by atoms with Crippen LogP contribution < -0.4 is 33.3 Å². The predicted molar refractivity (Wildman–Crippen MR) is 111 cm³/mol. The Morgan fingerprint density at radius 1 is 0.759 bits per heavy atom. The molecule has 29 heavy (non-hydrogen) atoms. The molecule has 0 saturated heterocycles. The van der Waals surface area contributed by atoms with Crippen LogP contribution in [0.1, 0.15) is 13.8 Å². The highest BCUT2D eigenvalue weighted by Crippen LogP contribution is 2.45. The maximum absolute atomic E-state index is 11.5. The second-order valence-corrected chi connectivity index (χ2v) is 6.72. The number of fused-ring (bicyclic) bond motifs is 2. The largest absolute Gasteiger partial charge is 1.00 e. The average Bonchev–Trinajstić information content (AvgIpc) is 2.66. The zero-order chi connectivity index (χ0) is 19.7. The van der Waals surface area contributed by atoms with Crippen molar-refractivity contribution >= 4 is 51.6 Å². The van der Waals surface area contributed by atoms with E-state index in [1.807, 2.05) is 66.7 Å². The molecular weight excluding hydrogens is 388 g/mol. The molecule has 0 saturated carbocycles. The van der Waals surface area contributed by atoms with Crippen LogP contribution in [0.15, 0.2) is 66.7 Å². The number of anilines is 5. The highest BCUT2D eigenvalue weighted by Gasteiger charge is 2.28. The van der Waals surface area contributed by atoms with E-state index in [2.05, 4.69) is 20.9 Å². The molecule has 0 radical (unpaired) electrons. The standard InChI is InChI=1S/C22H20N4O2.ClH/c1-14(27)23-16-8-10-19-21(12-16)26(18-6-4-3-5-7-18)22-13-17(24-15(2)28)9-11-20(22)25-19;/h3-13,25H,1-2H3,(H,23,27)(H,24,28);1H. The van der Waals surface area contributed by atoms with E-state index < -0.39 is 0 Å². The van der Waals surface area contributed by atoms with Gasteiger partial charge in [-0.3, -0.25) is 19.8 Å². The Bertz CT molecular complexity index is 1000. The van der Waals surface area contributed by atoms with E-state index in [9.17, 15) is 9.59 Å². The summed E-state index contributed by atoms with van der Waals surface area (Å²) in [5.41, 5.74) is 6.51. The first kappa shape index (κ1) is 20.4. The maximum atomic E-state index is 11.5. The molecule has 0 atom stereocenters. The molecule has 6 nitrogen and oxygen atoms in total. The Morgan fingerprint density at radius 2 is 1.24 bits per heavy atom. The summed E-state index contributed by atoms with van der Waals surface area (Å²) in [6.07, 6.45) is 0. The lowest BCUT2D eigenvalue weighted by molar-refractivity contribution is -0.478. The van der Waals surface area contributed by atoms with Crippen molar-refractivity contribution in [2.24, 2.45) is 0 Å². The highest BCUT2D eigenvalue weighted by molar-refractivity contribution is 5.96. The number of para-hydroxylation sites is 1. The Hall–Kier alpha value is -3.35. The SMILES string of the molecule is CC(=O)Nc1ccc2c(c1)N(c1ccccc1)c1cc(NC(C)=O)ccc1[NH2+]2.[Cl-]. The Balaban J connectivity index is 0.00000240. The van der Waals surface area contributed by atoms with Crippen LogP contribution in [-0.4, -0.2) is 11.8 Å². The van der Waals surface area contributed by atoms with Gasteiger partial charge < -0.3 is 23.0 Å². The zero-order valence-corrected chi connectivity index (χ0v) is 16.8. The predicted octanol–water partition coefficient (Wildman–Crippen LogP) is 0.917. The third-order valence-corrected chi connectivity index (χ3v) is 4.51. The van der Waals surface area contributed by atoms with Crippen molar-refractivity contribution in [3.63, 3.8) is 0 Å². The fourth-order valence-electron chi connectivity index (χ4n) is 3.43. The number of nitrogens with zero attached hydrogens (tertiary/aromatic N) is 1. The van der Waals surface area contributed by atoms with Gasteiger partial charge in [0.25, 0.3) is 0 Å². The third kappa shape index (κ3) is 4.23. The van der Waals surface area contributed by atoms with Crippen molar-refractivity contribution in [3.8, 4) is 0 Å². The minimum absolute atomic E-state index is 0. The quantitative estimate of drug-likeness (QED) is 0.441. The van der Waals surface area contributed by atoms with E-state index in [-0.39, 0.29) is 24.2 Å². The van der Waals surface area contributed by atoms with Gasteiger partial charge in [0.2, 0.25) is 11.8 Å². The molecular formula is C22H21ClN4O2. The molecule has 1 heterocycles. The molecule has 4 N–H and O–H groups in total. The van der Waals surface area contributed by atoms with Crippen LogP contribution in [-0.2, 0) is 9.59 Å². The fraction of sp³-hybridized carbons (Fsp3) is 0.0909. The van der Waals surface area contributed by atoms with Crippen molar-refractivity contribution in [2.75, 3.05) is 15.5 Å². The minimum Gasteiger partial charge on any atom is -1.00 e. The summed E-state index contributed by atoms with van der Waals surface area (Å²) >= 11 is 0. The van der Waals surface area contributed by atoms with Gasteiger partial charge in [-0.2, -0.15) is 0 Å². The summed E-state index contributed by atoms with van der Waals surface area (Å²) in [5.74, 6) is -0.223. The lowest BCUT2D eigenvalue weighted by Crippen LogP contribution is -3.00. The van der Waals surface area contributed by atoms with Crippen LogP contribution in [0.3, 0.4) is 0 Å². The van der Waals surface area contributed by atoms with Gasteiger partial charge in [-0.1, -0.05) is 18.2 Å². The monoisotopic (exact) mass is 408 g/mol. The van der Waals surface area contributed by atoms with Crippen LogP contribution in [0.25, 0.3) is 0 Å². The number of benzene rings is 3. The molecule has 0 aromatic heterocycles. The summed E-state index contributed by atoms with van der Waals surface area (Å²) in [7, 11) is 0. The van der Waals surface area contributed by atoms with Crippen molar-refractivity contribution in [1.29, 1.82) is 0 Å². The maximum Gasteiger partial charge on any atom is 0.221 e. The molecule has 148 valence electrons. The van der Waals surface area contributed by atoms with Crippen LogP contribution in [0.5, 0.6) is 0 Å². The normalized spacial score (nSPS) is 11.6. The van der Waals surface area contributed by atoms with Gasteiger partial charge in [0.15, 0.2) is 11.4 Å². The molecule has 0 spiro atoms. The van der Waals surface area contributed by atoms with E-state index >= 15 is 0 Å². The van der Waals surface area contributed by atoms with Crippen LogP contribution in [0.4, 0.5) is 39.8 Å². The van der Waals surface area contributed by atoms with Crippen molar-refractivity contribution in [1.82, 2.24) is 0 Å². The number of hydrogen-bond acceptors (Lipinski definition) is 3. The summed E-state index contributed by atoms with van der Waals surface area (Å²) in [6.45, 7) is 2.99. The second kappa shape index (κ2) is 8.34. The molecule has 0 bridgehead atoms. The molecule has 3 aromatic rings. The van der Waals surface area contributed by atoms with Gasteiger partial charge in [0.05, 0.1) is 0 Å². The lowest BCUT2D eigenvalue weighted by Gasteiger charge is -2.31. The molecule has 0 fully saturated rings. The average molecular weight is 409 g/mol. The number of carbonyl (C=O) groups excluding carboxylic acids is 2. The van der Waals surface area contributed by atoms with E-state index in [0.29, 0.717) is 0 Å². The van der Waals surface area contributed by atoms with Crippen LogP contribution in [0, 0.1) is 0 Å². The van der Waals surface area contributed by atoms with E-state index in [1.54, 1.807) is 0 Å². The summed E-state index contributed by atoms with van der Waals surface area (Å²) in [4.78, 5) is 25.2. The van der Waals surface area contributed by atoms with Crippen LogP contribution in [0.2, 0.25) is 0 Å². The van der Waals surface area contributed by atoms with Gasteiger partial charge in [0, 0.05) is 43.0 Å². The van der Waals surface area contributed by atoms with Gasteiger partial charge in [-0.05, 0) is 36.4 Å².